The van der Waals surface area contributed by atoms with E-state index in [-0.39, 0.29) is 12.0 Å². The van der Waals surface area contributed by atoms with Crippen molar-refractivity contribution in [2.24, 2.45) is 0 Å². The van der Waals surface area contributed by atoms with Crippen LogP contribution in [0.25, 0.3) is 0 Å². The lowest BCUT2D eigenvalue weighted by atomic mass is 9.97. The quantitative estimate of drug-likeness (QED) is 0.632. The van der Waals surface area contributed by atoms with Gasteiger partial charge in [0, 0.05) is 70.2 Å². The molecule has 1 fully saturated rings. The number of anilines is 1. The van der Waals surface area contributed by atoms with Gasteiger partial charge in [-0.05, 0) is 74.9 Å². The Labute approximate surface area is 232 Å². The van der Waals surface area contributed by atoms with E-state index in [9.17, 15) is 14.7 Å². The van der Waals surface area contributed by atoms with E-state index in [4.69, 9.17) is 4.74 Å². The Balaban J connectivity index is 1.16. The van der Waals surface area contributed by atoms with Crippen LogP contribution in [0.1, 0.15) is 54.2 Å². The van der Waals surface area contributed by atoms with Crippen molar-refractivity contribution in [3.05, 3.63) is 64.7 Å². The number of aliphatic hydroxyl groups excluding tert-OH is 1. The minimum atomic E-state index is -0.579. The second-order valence-electron chi connectivity index (χ2n) is 12.1. The summed E-state index contributed by atoms with van der Waals surface area (Å²) in [5.41, 5.74) is 5.10. The lowest BCUT2D eigenvalue weighted by Crippen LogP contribution is -2.46. The van der Waals surface area contributed by atoms with Gasteiger partial charge >= 0.3 is 6.09 Å². The number of hydrogen-bond donors (Lipinski definition) is 1. The maximum Gasteiger partial charge on any atom is 0.410 e. The number of benzene rings is 2. The number of aliphatic hydroxyl groups is 1. The van der Waals surface area contributed by atoms with E-state index in [0.717, 1.165) is 62.3 Å². The average Bonchev–Trinajstić information content (AvgIpc) is 3.16. The van der Waals surface area contributed by atoms with Crippen molar-refractivity contribution in [2.45, 2.75) is 58.3 Å². The molecule has 3 aliphatic heterocycles. The highest BCUT2D eigenvalue weighted by molar-refractivity contribution is 5.97. The Morgan fingerprint density at radius 3 is 2.49 bits per heavy atom. The van der Waals surface area contributed by atoms with Crippen molar-refractivity contribution in [3.8, 4) is 0 Å². The first-order chi connectivity index (χ1) is 18.7. The third-order valence-corrected chi connectivity index (χ3v) is 7.88. The molecule has 5 rings (SSSR count). The van der Waals surface area contributed by atoms with Crippen molar-refractivity contribution >= 4 is 17.7 Å². The van der Waals surface area contributed by atoms with Crippen molar-refractivity contribution in [2.75, 3.05) is 57.3 Å². The summed E-state index contributed by atoms with van der Waals surface area (Å²) >= 11 is 0. The van der Waals surface area contributed by atoms with Gasteiger partial charge in [0.05, 0.1) is 6.10 Å². The number of carbonyl (C=O) groups is 2. The Morgan fingerprint density at radius 1 is 0.923 bits per heavy atom. The largest absolute Gasteiger partial charge is 0.444 e. The predicted octanol–water partition coefficient (Wildman–Crippen LogP) is 3.55. The number of nitrogens with zero attached hydrogens (tertiary/aromatic N) is 4. The zero-order valence-corrected chi connectivity index (χ0v) is 23.6. The molecule has 0 aromatic heterocycles. The summed E-state index contributed by atoms with van der Waals surface area (Å²) in [4.78, 5) is 34.0. The molecule has 1 unspecified atom stereocenters. The summed E-state index contributed by atoms with van der Waals surface area (Å²) in [5.74, 6) is -0.00203. The van der Waals surface area contributed by atoms with Gasteiger partial charge in [-0.2, -0.15) is 0 Å². The van der Waals surface area contributed by atoms with Gasteiger partial charge in [0.15, 0.2) is 0 Å². The first kappa shape index (κ1) is 27.5. The summed E-state index contributed by atoms with van der Waals surface area (Å²) in [6, 6.07) is 14.6. The standard InChI is InChI=1S/C31H42N4O4/c1-31(2,3)39-30(38)34-14-6-13-33(17-18-34)26-9-10-28-24(19-26)12-16-35(29(28)37)22-27(36)21-32-15-11-23-7-4-5-8-25(23)20-32/h4-5,7-10,19,27,36H,6,11-18,20-22H2,1-3H3. The van der Waals surface area contributed by atoms with E-state index >= 15 is 0 Å². The third-order valence-electron chi connectivity index (χ3n) is 7.88. The fourth-order valence-corrected chi connectivity index (χ4v) is 5.90. The average molecular weight is 535 g/mol. The number of β-amino-alcohol motifs (C(OH)–C–C–N with tert-alkyl or cyclic N) is 1. The first-order valence-electron chi connectivity index (χ1n) is 14.3. The van der Waals surface area contributed by atoms with Gasteiger partial charge in [-0.15, -0.1) is 0 Å². The predicted molar refractivity (Wildman–Crippen MR) is 152 cm³/mol. The monoisotopic (exact) mass is 534 g/mol. The van der Waals surface area contributed by atoms with Crippen molar-refractivity contribution in [1.82, 2.24) is 14.7 Å². The van der Waals surface area contributed by atoms with E-state index < -0.39 is 11.7 Å². The molecule has 8 heteroatoms. The van der Waals surface area contributed by atoms with Crippen LogP contribution in [0.15, 0.2) is 42.5 Å². The Kier molecular flexibility index (Phi) is 8.14. The molecule has 1 N–H and O–H groups in total. The summed E-state index contributed by atoms with van der Waals surface area (Å²) < 4.78 is 5.56. The molecule has 2 amide bonds. The van der Waals surface area contributed by atoms with Gasteiger partial charge in [-0.3, -0.25) is 9.69 Å². The van der Waals surface area contributed by atoms with Gasteiger partial charge in [-0.1, -0.05) is 24.3 Å². The topological polar surface area (TPSA) is 76.6 Å². The number of amides is 2. The van der Waals surface area contributed by atoms with Crippen LogP contribution in [0.5, 0.6) is 0 Å². The summed E-state index contributed by atoms with van der Waals surface area (Å²) in [6.45, 7) is 11.8. The van der Waals surface area contributed by atoms with E-state index in [1.807, 2.05) is 32.9 Å². The highest BCUT2D eigenvalue weighted by atomic mass is 16.6. The van der Waals surface area contributed by atoms with Crippen LogP contribution >= 0.6 is 0 Å². The smallest absolute Gasteiger partial charge is 0.410 e. The molecule has 39 heavy (non-hydrogen) atoms. The van der Waals surface area contributed by atoms with Gasteiger partial charge < -0.3 is 24.5 Å². The van der Waals surface area contributed by atoms with E-state index in [1.165, 1.54) is 11.1 Å². The zero-order chi connectivity index (χ0) is 27.6. The maximum atomic E-state index is 13.3. The molecule has 0 bridgehead atoms. The third kappa shape index (κ3) is 6.73. The molecule has 1 atom stereocenters. The Bertz CT molecular complexity index is 1190. The fourth-order valence-electron chi connectivity index (χ4n) is 5.90. The summed E-state index contributed by atoms with van der Waals surface area (Å²) in [6.07, 6.45) is 1.80. The lowest BCUT2D eigenvalue weighted by molar-refractivity contribution is 0.0263. The molecule has 3 aliphatic rings. The van der Waals surface area contributed by atoms with Gasteiger partial charge in [0.25, 0.3) is 5.91 Å². The Morgan fingerprint density at radius 2 is 1.69 bits per heavy atom. The summed E-state index contributed by atoms with van der Waals surface area (Å²) in [5, 5.41) is 10.9. The lowest BCUT2D eigenvalue weighted by Gasteiger charge is -2.34. The first-order valence-corrected chi connectivity index (χ1v) is 14.3. The summed E-state index contributed by atoms with van der Waals surface area (Å²) in [7, 11) is 0. The number of hydrogen-bond acceptors (Lipinski definition) is 6. The van der Waals surface area contributed by atoms with Crippen LogP contribution in [-0.2, 0) is 24.1 Å². The van der Waals surface area contributed by atoms with Crippen LogP contribution in [-0.4, -0.2) is 95.9 Å². The maximum absolute atomic E-state index is 13.3. The van der Waals surface area contributed by atoms with E-state index in [1.54, 1.807) is 9.80 Å². The molecule has 1 saturated heterocycles. The van der Waals surface area contributed by atoms with Crippen molar-refractivity contribution in [1.29, 1.82) is 0 Å². The SMILES string of the molecule is CC(C)(C)OC(=O)N1CCCN(c2ccc3c(c2)CCN(CC(O)CN2CCc4ccccc4C2)C3=O)CC1. The van der Waals surface area contributed by atoms with Crippen molar-refractivity contribution in [3.63, 3.8) is 0 Å². The number of rotatable bonds is 5. The van der Waals surface area contributed by atoms with Crippen LogP contribution in [0.2, 0.25) is 0 Å². The van der Waals surface area contributed by atoms with Gasteiger partial charge in [0.1, 0.15) is 5.60 Å². The molecule has 0 aliphatic carbocycles. The molecular formula is C31H42N4O4. The second kappa shape index (κ2) is 11.6. The highest BCUT2D eigenvalue weighted by Gasteiger charge is 2.29. The van der Waals surface area contributed by atoms with E-state index in [2.05, 4.69) is 40.1 Å². The number of carbonyl (C=O) groups excluding carboxylic acids is 2. The van der Waals surface area contributed by atoms with Crippen molar-refractivity contribution < 1.29 is 19.4 Å². The zero-order valence-electron chi connectivity index (χ0n) is 23.6. The molecule has 3 heterocycles. The van der Waals surface area contributed by atoms with Crippen LogP contribution in [0.3, 0.4) is 0 Å². The van der Waals surface area contributed by atoms with Crippen LogP contribution in [0, 0.1) is 0 Å². The molecule has 0 radical (unpaired) electrons. The molecule has 0 saturated carbocycles. The number of fused-ring (bicyclic) bond motifs is 2. The van der Waals surface area contributed by atoms with Gasteiger partial charge in [-0.25, -0.2) is 4.79 Å². The van der Waals surface area contributed by atoms with Crippen LogP contribution in [0.4, 0.5) is 10.5 Å². The molecule has 2 aromatic carbocycles. The molecule has 2 aromatic rings. The molecular weight excluding hydrogens is 492 g/mol. The minimum Gasteiger partial charge on any atom is -0.444 e. The van der Waals surface area contributed by atoms with E-state index in [0.29, 0.717) is 32.7 Å². The minimum absolute atomic E-state index is 0.00203. The molecule has 8 nitrogen and oxygen atoms in total. The Hall–Kier alpha value is -3.10. The fraction of sp³-hybridized carbons (Fsp3) is 0.548. The highest BCUT2D eigenvalue weighted by Crippen LogP contribution is 2.26. The number of ether oxygens (including phenoxy) is 1. The van der Waals surface area contributed by atoms with Gasteiger partial charge in [0.2, 0.25) is 0 Å². The molecule has 0 spiro atoms. The molecule has 210 valence electrons. The second-order valence-corrected chi connectivity index (χ2v) is 12.1. The van der Waals surface area contributed by atoms with Crippen LogP contribution < -0.4 is 4.90 Å². The normalized spacial score (nSPS) is 19.3.